The van der Waals surface area contributed by atoms with E-state index in [1.165, 1.54) is 12.8 Å². The van der Waals surface area contributed by atoms with Gasteiger partial charge in [-0.1, -0.05) is 0 Å². The Morgan fingerprint density at radius 3 is 2.90 bits per heavy atom. The number of esters is 1. The predicted molar refractivity (Wildman–Crippen MR) is 83.5 cm³/mol. The lowest BCUT2D eigenvalue weighted by Gasteiger charge is -2.09. The van der Waals surface area contributed by atoms with E-state index in [9.17, 15) is 4.79 Å². The van der Waals surface area contributed by atoms with Crippen LogP contribution in [0, 0.1) is 6.92 Å². The minimum absolute atomic E-state index is 0.279. The lowest BCUT2D eigenvalue weighted by Crippen LogP contribution is -2.19. The number of benzene rings is 1. The van der Waals surface area contributed by atoms with Crippen LogP contribution in [-0.2, 0) is 4.74 Å². The van der Waals surface area contributed by atoms with Gasteiger partial charge in [-0.15, -0.1) is 0 Å². The van der Waals surface area contributed by atoms with Crippen molar-refractivity contribution < 1.29 is 13.9 Å². The van der Waals surface area contributed by atoms with Gasteiger partial charge in [0.05, 0.1) is 6.61 Å². The maximum atomic E-state index is 11.9. The predicted octanol–water partition coefficient (Wildman–Crippen LogP) is 4.07. The Morgan fingerprint density at radius 1 is 1.48 bits per heavy atom. The molecular formula is C16H19NO3S. The molecule has 0 bridgehead atoms. The third kappa shape index (κ3) is 2.94. The lowest BCUT2D eigenvalue weighted by atomic mass is 10.1. The number of carbonyl (C=O) groups excluding carboxylic acids is 1. The van der Waals surface area contributed by atoms with Gasteiger partial charge in [0.1, 0.15) is 5.58 Å². The largest absolute Gasteiger partial charge is 0.460 e. The average Bonchev–Trinajstić information content (AvgIpc) is 3.11. The minimum atomic E-state index is -0.399. The second-order valence-electron chi connectivity index (χ2n) is 5.70. The number of carbonyl (C=O) groups is 1. The van der Waals surface area contributed by atoms with Crippen molar-refractivity contribution in [1.29, 1.82) is 0 Å². The summed E-state index contributed by atoms with van der Waals surface area (Å²) in [7, 11) is 0. The first-order valence-electron chi connectivity index (χ1n) is 7.17. The molecule has 1 saturated carbocycles. The van der Waals surface area contributed by atoms with Gasteiger partial charge in [0.2, 0.25) is 5.76 Å². The first kappa shape index (κ1) is 14.5. The van der Waals surface area contributed by atoms with Gasteiger partial charge in [-0.2, -0.15) is 0 Å². The molecule has 0 spiro atoms. The summed E-state index contributed by atoms with van der Waals surface area (Å²) in [6.07, 6.45) is 2.44. The highest BCUT2D eigenvalue weighted by Gasteiger charge is 2.37. The minimum Gasteiger partial charge on any atom is -0.460 e. The van der Waals surface area contributed by atoms with Crippen LogP contribution in [0.15, 0.2) is 27.5 Å². The molecule has 0 amide bonds. The molecule has 1 aliphatic rings. The number of hydrogen-bond acceptors (Lipinski definition) is 5. The Bertz CT molecular complexity index is 688. The number of ether oxygens (including phenoxy) is 1. The summed E-state index contributed by atoms with van der Waals surface area (Å²) in [6.45, 7) is 6.25. The smallest absolute Gasteiger partial charge is 0.374 e. The Kier molecular flexibility index (Phi) is 3.71. The molecule has 1 fully saturated rings. The standard InChI is InChI=1S/C16H19NO3S/c1-4-19-15(18)14-10(2)12-9-11(5-6-13(12)20-14)21-17-16(3)7-8-16/h5-6,9,17H,4,7-8H2,1-3H3. The normalized spacial score (nSPS) is 16.1. The maximum Gasteiger partial charge on any atom is 0.374 e. The van der Waals surface area contributed by atoms with Crippen molar-refractivity contribution in [2.24, 2.45) is 0 Å². The topological polar surface area (TPSA) is 51.5 Å². The van der Waals surface area contributed by atoms with E-state index in [-0.39, 0.29) is 5.54 Å². The molecule has 0 saturated heterocycles. The van der Waals surface area contributed by atoms with Crippen LogP contribution in [-0.4, -0.2) is 18.1 Å². The molecule has 1 heterocycles. The van der Waals surface area contributed by atoms with Gasteiger partial charge in [0.15, 0.2) is 0 Å². The van der Waals surface area contributed by atoms with Gasteiger partial charge in [-0.3, -0.25) is 4.72 Å². The second kappa shape index (κ2) is 5.39. The zero-order valence-corrected chi connectivity index (χ0v) is 13.3. The number of nitrogens with one attached hydrogen (secondary N) is 1. The summed E-state index contributed by atoms with van der Waals surface area (Å²) in [5, 5.41) is 0.964. The fourth-order valence-corrected chi connectivity index (χ4v) is 3.01. The van der Waals surface area contributed by atoms with Crippen molar-refractivity contribution in [2.75, 3.05) is 6.61 Å². The molecule has 0 unspecified atom stereocenters. The highest BCUT2D eigenvalue weighted by Crippen LogP contribution is 2.38. The van der Waals surface area contributed by atoms with Crippen LogP contribution in [0.5, 0.6) is 0 Å². The van der Waals surface area contributed by atoms with Crippen LogP contribution in [0.4, 0.5) is 0 Å². The van der Waals surface area contributed by atoms with Crippen molar-refractivity contribution in [3.63, 3.8) is 0 Å². The van der Waals surface area contributed by atoms with E-state index in [1.807, 2.05) is 19.1 Å². The molecule has 5 heteroatoms. The van der Waals surface area contributed by atoms with Gasteiger partial charge in [-0.05, 0) is 63.8 Å². The van der Waals surface area contributed by atoms with Crippen molar-refractivity contribution >= 4 is 28.9 Å². The van der Waals surface area contributed by atoms with E-state index >= 15 is 0 Å². The van der Waals surface area contributed by atoms with Crippen LogP contribution in [0.1, 0.15) is 42.8 Å². The van der Waals surface area contributed by atoms with Gasteiger partial charge in [0.25, 0.3) is 0 Å². The zero-order chi connectivity index (χ0) is 15.0. The monoisotopic (exact) mass is 305 g/mol. The van der Waals surface area contributed by atoms with Crippen LogP contribution in [0.25, 0.3) is 11.0 Å². The molecule has 0 aliphatic heterocycles. The molecule has 0 atom stereocenters. The summed E-state index contributed by atoms with van der Waals surface area (Å²) in [5.41, 5.74) is 1.84. The van der Waals surface area contributed by atoms with Gasteiger partial charge in [0, 0.05) is 21.4 Å². The summed E-state index contributed by atoms with van der Waals surface area (Å²) in [5.74, 6) is -0.0971. The first-order chi connectivity index (χ1) is 10.0. The Balaban J connectivity index is 1.86. The van der Waals surface area contributed by atoms with Crippen molar-refractivity contribution in [2.45, 2.75) is 44.0 Å². The number of furan rings is 1. The quantitative estimate of drug-likeness (QED) is 0.666. The Morgan fingerprint density at radius 2 is 2.24 bits per heavy atom. The first-order valence-corrected chi connectivity index (χ1v) is 7.98. The van der Waals surface area contributed by atoms with Crippen LogP contribution >= 0.6 is 11.9 Å². The van der Waals surface area contributed by atoms with E-state index in [0.29, 0.717) is 12.4 Å². The van der Waals surface area contributed by atoms with E-state index in [4.69, 9.17) is 9.15 Å². The number of fused-ring (bicyclic) bond motifs is 1. The average molecular weight is 305 g/mol. The van der Waals surface area contributed by atoms with E-state index in [1.54, 1.807) is 18.9 Å². The molecule has 3 rings (SSSR count). The summed E-state index contributed by atoms with van der Waals surface area (Å²) in [4.78, 5) is 13.0. The molecule has 2 aromatic rings. The number of aryl methyl sites for hydroxylation is 1. The number of rotatable bonds is 5. The lowest BCUT2D eigenvalue weighted by molar-refractivity contribution is 0.0491. The fourth-order valence-electron chi connectivity index (χ4n) is 2.13. The van der Waals surface area contributed by atoms with E-state index in [0.717, 1.165) is 21.4 Å². The van der Waals surface area contributed by atoms with Gasteiger partial charge in [-0.25, -0.2) is 4.79 Å². The summed E-state index contributed by atoms with van der Waals surface area (Å²) in [6, 6.07) is 5.97. The van der Waals surface area contributed by atoms with Gasteiger partial charge < -0.3 is 9.15 Å². The summed E-state index contributed by atoms with van der Waals surface area (Å²) >= 11 is 1.63. The molecule has 1 aromatic heterocycles. The van der Waals surface area contributed by atoms with Crippen molar-refractivity contribution in [1.82, 2.24) is 4.72 Å². The Labute approximate surface area is 128 Å². The number of hydrogen-bond donors (Lipinski definition) is 1. The second-order valence-corrected chi connectivity index (χ2v) is 6.58. The van der Waals surface area contributed by atoms with E-state index < -0.39 is 5.97 Å². The molecule has 4 nitrogen and oxygen atoms in total. The summed E-state index contributed by atoms with van der Waals surface area (Å²) < 4.78 is 14.1. The van der Waals surface area contributed by atoms with E-state index in [2.05, 4.69) is 17.7 Å². The molecule has 112 valence electrons. The van der Waals surface area contributed by atoms with Gasteiger partial charge >= 0.3 is 5.97 Å². The third-order valence-corrected chi connectivity index (χ3v) is 4.87. The van der Waals surface area contributed by atoms with Crippen LogP contribution in [0.3, 0.4) is 0 Å². The zero-order valence-electron chi connectivity index (χ0n) is 12.5. The highest BCUT2D eigenvalue weighted by molar-refractivity contribution is 7.97. The molecule has 21 heavy (non-hydrogen) atoms. The molecule has 1 N–H and O–H groups in total. The maximum absolute atomic E-state index is 11.9. The molecule has 1 aliphatic carbocycles. The SMILES string of the molecule is CCOC(=O)c1oc2ccc(SNC3(C)CC3)cc2c1C. The van der Waals surface area contributed by atoms with Crippen molar-refractivity contribution in [3.05, 3.63) is 29.5 Å². The molecule has 1 aromatic carbocycles. The Hall–Kier alpha value is -1.46. The fraction of sp³-hybridized carbons (Fsp3) is 0.438. The molecule has 0 radical (unpaired) electrons. The highest BCUT2D eigenvalue weighted by atomic mass is 32.2. The molecular weight excluding hydrogens is 286 g/mol. The van der Waals surface area contributed by atoms with Crippen molar-refractivity contribution in [3.8, 4) is 0 Å². The third-order valence-electron chi connectivity index (χ3n) is 3.78. The van der Waals surface area contributed by atoms with Crippen LogP contribution < -0.4 is 4.72 Å². The van der Waals surface area contributed by atoms with Crippen LogP contribution in [0.2, 0.25) is 0 Å².